The van der Waals surface area contributed by atoms with Gasteiger partial charge in [0.25, 0.3) is 0 Å². The number of aliphatic hydroxyl groups is 2. The fourth-order valence-corrected chi connectivity index (χ4v) is 5.25. The minimum atomic E-state index is 0.119. The molecule has 0 amide bonds. The van der Waals surface area contributed by atoms with Crippen molar-refractivity contribution < 1.29 is 14.8 Å². The van der Waals surface area contributed by atoms with Crippen LogP contribution in [0, 0.1) is 0 Å². The monoisotopic (exact) mass is 459 g/mol. The Balaban J connectivity index is 1.64. The quantitative estimate of drug-likeness (QED) is 0.333. The molecule has 4 heteroatoms. The van der Waals surface area contributed by atoms with Gasteiger partial charge in [0.05, 0.1) is 6.61 Å². The zero-order chi connectivity index (χ0) is 23.8. The van der Waals surface area contributed by atoms with Crippen molar-refractivity contribution in [2.45, 2.75) is 6.54 Å². The van der Waals surface area contributed by atoms with Crippen molar-refractivity contribution in [3.63, 3.8) is 0 Å². The Morgan fingerprint density at radius 3 is 1.89 bits per heavy atom. The Kier molecular flexibility index (Phi) is 5.53. The van der Waals surface area contributed by atoms with Crippen LogP contribution in [0.15, 0.2) is 109 Å². The molecule has 0 atom stereocenters. The molecule has 0 fully saturated rings. The van der Waals surface area contributed by atoms with Crippen LogP contribution in [0.1, 0.15) is 16.7 Å². The largest absolute Gasteiger partial charge is 0.395 e. The third kappa shape index (κ3) is 3.68. The fourth-order valence-electron chi connectivity index (χ4n) is 5.25. The lowest BCUT2D eigenvalue weighted by Gasteiger charge is -2.19. The number of benzene rings is 3. The maximum absolute atomic E-state index is 9.31. The van der Waals surface area contributed by atoms with Gasteiger partial charge in [0.15, 0.2) is 18.9 Å². The first kappa shape index (κ1) is 21.5. The number of aromatic nitrogens is 1. The van der Waals surface area contributed by atoms with Crippen LogP contribution < -0.4 is 4.57 Å². The van der Waals surface area contributed by atoms with E-state index in [2.05, 4.69) is 78.9 Å². The number of hydrogen-bond donors (Lipinski definition) is 2. The smallest absolute Gasteiger partial charge is 0.171 e. The van der Waals surface area contributed by atoms with E-state index in [0.29, 0.717) is 13.1 Å². The van der Waals surface area contributed by atoms with Crippen molar-refractivity contribution in [3.05, 3.63) is 126 Å². The molecular weight excluding hydrogens is 432 g/mol. The van der Waals surface area contributed by atoms with Gasteiger partial charge in [0.2, 0.25) is 0 Å². The van der Waals surface area contributed by atoms with E-state index >= 15 is 0 Å². The Bertz CT molecular complexity index is 1540. The molecule has 0 saturated heterocycles. The van der Waals surface area contributed by atoms with E-state index < -0.39 is 0 Å². The first-order valence-electron chi connectivity index (χ1n) is 12.0. The summed E-state index contributed by atoms with van der Waals surface area (Å²) < 4.78 is 2.00. The van der Waals surface area contributed by atoms with E-state index in [0.717, 1.165) is 11.1 Å². The zero-order valence-corrected chi connectivity index (χ0v) is 19.4. The second-order valence-electron chi connectivity index (χ2n) is 8.91. The van der Waals surface area contributed by atoms with E-state index in [1.54, 1.807) is 0 Å². The Morgan fingerprint density at radius 1 is 0.686 bits per heavy atom. The number of rotatable bonds is 5. The summed E-state index contributed by atoms with van der Waals surface area (Å²) in [7, 11) is 0. The molecule has 1 aliphatic carbocycles. The van der Waals surface area contributed by atoms with Crippen LogP contribution >= 0.6 is 0 Å². The molecule has 2 N–H and O–H groups in total. The highest BCUT2D eigenvalue weighted by molar-refractivity contribution is 6.22. The number of nitrogens with zero attached hydrogens (tertiary/aromatic N) is 2. The summed E-state index contributed by atoms with van der Waals surface area (Å²) in [5.74, 6) is 0. The number of hydrogen-bond acceptors (Lipinski definition) is 3. The molecule has 0 saturated carbocycles. The molecule has 1 aliphatic heterocycles. The lowest BCUT2D eigenvalue weighted by Crippen LogP contribution is -2.34. The molecular formula is C31H27N2O2+. The van der Waals surface area contributed by atoms with Crippen LogP contribution in [0.25, 0.3) is 32.7 Å². The zero-order valence-electron chi connectivity index (χ0n) is 19.4. The third-order valence-electron chi connectivity index (χ3n) is 6.88. The van der Waals surface area contributed by atoms with Crippen molar-refractivity contribution in [3.8, 4) is 0 Å². The summed E-state index contributed by atoms with van der Waals surface area (Å²) in [4.78, 5) is 2.00. The highest BCUT2D eigenvalue weighted by Crippen LogP contribution is 2.48. The standard InChI is InChI=1S/C31H27N2O2/c34-19-17-32-13-9-22(10-14-32)28-21-29(23-11-15-33(16-12-23)18-20-35)31-27-8-4-2-6-25(27)24-5-1-3-7-26(24)30(28)31/h1-16,21,34-35H,17-20H2/q+1. The highest BCUT2D eigenvalue weighted by Gasteiger charge is 2.27. The molecule has 4 aromatic rings. The number of pyridine rings is 1. The van der Waals surface area contributed by atoms with Gasteiger partial charge in [-0.1, -0.05) is 48.5 Å². The Morgan fingerprint density at radius 2 is 1.29 bits per heavy atom. The SMILES string of the molecule is OCCN1C=CC(=C2C=C(c3cc[n+](CCO)cc3)c3c2c2ccccc2c2ccccc32)C=C1. The molecule has 0 bridgehead atoms. The van der Waals surface area contributed by atoms with Gasteiger partial charge in [0.1, 0.15) is 6.61 Å². The van der Waals surface area contributed by atoms with Gasteiger partial charge in [0, 0.05) is 31.1 Å². The first-order valence-corrected chi connectivity index (χ1v) is 12.0. The number of allylic oxidation sites excluding steroid dienone is 5. The van der Waals surface area contributed by atoms with Gasteiger partial charge in [-0.15, -0.1) is 0 Å². The third-order valence-corrected chi connectivity index (χ3v) is 6.88. The molecule has 172 valence electrons. The normalized spacial score (nSPS) is 14.8. The predicted molar refractivity (Wildman–Crippen MR) is 141 cm³/mol. The molecule has 1 aromatic heterocycles. The maximum atomic E-state index is 9.31. The molecule has 3 aromatic carbocycles. The number of aliphatic hydroxyl groups excluding tert-OH is 2. The summed E-state index contributed by atoms with van der Waals surface area (Å²) in [5, 5.41) is 23.6. The predicted octanol–water partition coefficient (Wildman–Crippen LogP) is 4.81. The van der Waals surface area contributed by atoms with E-state index in [-0.39, 0.29) is 13.2 Å². The number of β-amino-alcohol motifs (C(OH)–C–C–N with tert-alkyl or cyclic N) is 1. The maximum Gasteiger partial charge on any atom is 0.171 e. The van der Waals surface area contributed by atoms with Crippen molar-refractivity contribution in [1.82, 2.24) is 4.90 Å². The lowest BCUT2D eigenvalue weighted by molar-refractivity contribution is -0.698. The summed E-state index contributed by atoms with van der Waals surface area (Å²) in [6, 6.07) is 21.6. The van der Waals surface area contributed by atoms with Crippen molar-refractivity contribution in [2.24, 2.45) is 0 Å². The van der Waals surface area contributed by atoms with Crippen LogP contribution in [0.2, 0.25) is 0 Å². The van der Waals surface area contributed by atoms with Crippen LogP contribution in [-0.2, 0) is 6.54 Å². The van der Waals surface area contributed by atoms with Crippen LogP contribution in [0.4, 0.5) is 0 Å². The van der Waals surface area contributed by atoms with E-state index in [1.807, 2.05) is 34.3 Å². The fraction of sp³-hybridized carbons (Fsp3) is 0.129. The summed E-state index contributed by atoms with van der Waals surface area (Å²) in [6.07, 6.45) is 14.7. The van der Waals surface area contributed by atoms with Crippen molar-refractivity contribution in [1.29, 1.82) is 0 Å². The Hall–Kier alpha value is -3.99. The molecule has 4 nitrogen and oxygen atoms in total. The lowest BCUT2D eigenvalue weighted by atomic mass is 9.87. The van der Waals surface area contributed by atoms with E-state index in [9.17, 15) is 10.2 Å². The molecule has 2 heterocycles. The van der Waals surface area contributed by atoms with E-state index in [4.69, 9.17) is 0 Å². The first-order chi connectivity index (χ1) is 17.3. The summed E-state index contributed by atoms with van der Waals surface area (Å²) >= 11 is 0. The van der Waals surface area contributed by atoms with Crippen molar-refractivity contribution in [2.75, 3.05) is 19.8 Å². The molecule has 0 unspecified atom stereocenters. The average Bonchev–Trinajstić information content (AvgIpc) is 3.31. The second kappa shape index (κ2) is 8.99. The van der Waals surface area contributed by atoms with E-state index in [1.165, 1.54) is 43.8 Å². The molecule has 0 radical (unpaired) electrons. The topological polar surface area (TPSA) is 47.6 Å². The average molecular weight is 460 g/mol. The minimum Gasteiger partial charge on any atom is -0.395 e. The molecule has 0 spiro atoms. The Labute approximate surface area is 204 Å². The van der Waals surface area contributed by atoms with Crippen LogP contribution in [-0.4, -0.2) is 34.9 Å². The molecule has 35 heavy (non-hydrogen) atoms. The van der Waals surface area contributed by atoms with Gasteiger partial charge in [-0.3, -0.25) is 0 Å². The van der Waals surface area contributed by atoms with Crippen molar-refractivity contribution >= 4 is 32.7 Å². The van der Waals surface area contributed by atoms with Gasteiger partial charge in [-0.05, 0) is 73.2 Å². The van der Waals surface area contributed by atoms with Gasteiger partial charge in [-0.25, -0.2) is 4.57 Å². The number of fused-ring (bicyclic) bond motifs is 6. The van der Waals surface area contributed by atoms with Gasteiger partial charge in [-0.2, -0.15) is 0 Å². The summed E-state index contributed by atoms with van der Waals surface area (Å²) in [5.41, 5.74) is 7.26. The molecule has 2 aliphatic rings. The summed E-state index contributed by atoms with van der Waals surface area (Å²) in [6.45, 7) is 1.40. The second-order valence-corrected chi connectivity index (χ2v) is 8.91. The minimum absolute atomic E-state index is 0.119. The van der Waals surface area contributed by atoms with Crippen LogP contribution in [0.5, 0.6) is 0 Å². The van der Waals surface area contributed by atoms with Gasteiger partial charge < -0.3 is 15.1 Å². The van der Waals surface area contributed by atoms with Gasteiger partial charge >= 0.3 is 0 Å². The molecule has 6 rings (SSSR count). The van der Waals surface area contributed by atoms with Crippen LogP contribution in [0.3, 0.4) is 0 Å². The highest BCUT2D eigenvalue weighted by atomic mass is 16.3.